The smallest absolute Gasteiger partial charge is 0.227 e. The third-order valence-electron chi connectivity index (χ3n) is 3.69. The van der Waals surface area contributed by atoms with Gasteiger partial charge in [-0.05, 0) is 43.3 Å². The molecule has 0 aliphatic carbocycles. The Bertz CT molecular complexity index is 935. The lowest BCUT2D eigenvalue weighted by Gasteiger charge is -2.10. The second-order valence-electron chi connectivity index (χ2n) is 5.67. The number of amides is 1. The highest BCUT2D eigenvalue weighted by Gasteiger charge is 2.15. The van der Waals surface area contributed by atoms with Crippen molar-refractivity contribution in [3.63, 3.8) is 0 Å². The van der Waals surface area contributed by atoms with Crippen molar-refractivity contribution in [1.82, 2.24) is 10.1 Å². The van der Waals surface area contributed by atoms with Crippen LogP contribution in [0.15, 0.2) is 53.1 Å². The molecule has 0 radical (unpaired) electrons. The van der Waals surface area contributed by atoms with E-state index in [-0.39, 0.29) is 18.1 Å². The third-order valence-corrected chi connectivity index (χ3v) is 3.69. The molecule has 3 aromatic rings. The SMILES string of the molecule is Cc1noc(CCC(=O)Nc2ccccc2C(=O)c2ccc(F)cc2)n1. The summed E-state index contributed by atoms with van der Waals surface area (Å²) in [5, 5.41) is 6.39. The normalized spacial score (nSPS) is 10.5. The standard InChI is InChI=1S/C19H16FN3O3/c1-12-21-18(26-23-12)11-10-17(24)22-16-5-3-2-4-15(16)19(25)13-6-8-14(20)9-7-13/h2-9H,10-11H2,1H3,(H,22,24). The Labute approximate surface area is 149 Å². The summed E-state index contributed by atoms with van der Waals surface area (Å²) in [6.07, 6.45) is 0.446. The topological polar surface area (TPSA) is 85.1 Å². The van der Waals surface area contributed by atoms with E-state index in [1.807, 2.05) is 0 Å². The van der Waals surface area contributed by atoms with E-state index in [0.717, 1.165) is 0 Å². The van der Waals surface area contributed by atoms with Crippen LogP contribution in [0.25, 0.3) is 0 Å². The number of halogens is 1. The summed E-state index contributed by atoms with van der Waals surface area (Å²) in [5.74, 6) is -0.1000. The lowest BCUT2D eigenvalue weighted by molar-refractivity contribution is -0.116. The van der Waals surface area contributed by atoms with Crippen LogP contribution in [0.4, 0.5) is 10.1 Å². The van der Waals surface area contributed by atoms with Gasteiger partial charge < -0.3 is 9.84 Å². The van der Waals surface area contributed by atoms with Gasteiger partial charge in [0, 0.05) is 24.0 Å². The zero-order valence-corrected chi connectivity index (χ0v) is 14.0. The molecule has 0 bridgehead atoms. The minimum atomic E-state index is -0.417. The quantitative estimate of drug-likeness (QED) is 0.687. The number of rotatable bonds is 6. The highest BCUT2D eigenvalue weighted by molar-refractivity contribution is 6.13. The molecule has 2 aromatic carbocycles. The largest absolute Gasteiger partial charge is 0.339 e. The van der Waals surface area contributed by atoms with Crippen LogP contribution in [0, 0.1) is 12.7 Å². The first kappa shape index (κ1) is 17.5. The molecule has 0 spiro atoms. The van der Waals surface area contributed by atoms with Crippen LogP contribution < -0.4 is 5.32 Å². The number of aromatic nitrogens is 2. The third kappa shape index (κ3) is 4.18. The summed E-state index contributed by atoms with van der Waals surface area (Å²) in [6.45, 7) is 1.70. The lowest BCUT2D eigenvalue weighted by atomic mass is 10.0. The lowest BCUT2D eigenvalue weighted by Crippen LogP contribution is -2.15. The van der Waals surface area contributed by atoms with Crippen LogP contribution in [-0.2, 0) is 11.2 Å². The van der Waals surface area contributed by atoms with Crippen molar-refractivity contribution in [2.45, 2.75) is 19.8 Å². The van der Waals surface area contributed by atoms with Gasteiger partial charge in [-0.3, -0.25) is 9.59 Å². The van der Waals surface area contributed by atoms with Crippen molar-refractivity contribution in [3.05, 3.63) is 77.2 Å². The van der Waals surface area contributed by atoms with E-state index in [2.05, 4.69) is 15.5 Å². The number of aryl methyl sites for hydroxylation is 2. The van der Waals surface area contributed by atoms with E-state index in [0.29, 0.717) is 35.0 Å². The number of nitrogens with zero attached hydrogens (tertiary/aromatic N) is 2. The van der Waals surface area contributed by atoms with Crippen molar-refractivity contribution >= 4 is 17.4 Å². The van der Waals surface area contributed by atoms with Crippen LogP contribution in [0.5, 0.6) is 0 Å². The van der Waals surface area contributed by atoms with Crippen molar-refractivity contribution < 1.29 is 18.5 Å². The molecular weight excluding hydrogens is 337 g/mol. The van der Waals surface area contributed by atoms with Gasteiger partial charge in [-0.15, -0.1) is 0 Å². The number of hydrogen-bond acceptors (Lipinski definition) is 5. The molecular formula is C19H16FN3O3. The molecule has 0 unspecified atom stereocenters. The summed E-state index contributed by atoms with van der Waals surface area (Å²) < 4.78 is 18.0. The molecule has 1 aromatic heterocycles. The van der Waals surface area contributed by atoms with Crippen LogP contribution in [0.2, 0.25) is 0 Å². The fourth-order valence-corrected chi connectivity index (χ4v) is 2.42. The van der Waals surface area contributed by atoms with E-state index in [4.69, 9.17) is 4.52 Å². The predicted molar refractivity (Wildman–Crippen MR) is 92.3 cm³/mol. The fraction of sp³-hybridized carbons (Fsp3) is 0.158. The number of carbonyl (C=O) groups excluding carboxylic acids is 2. The average molecular weight is 353 g/mol. The van der Waals surface area contributed by atoms with Crippen LogP contribution in [-0.4, -0.2) is 21.8 Å². The first-order valence-electron chi connectivity index (χ1n) is 8.01. The number of anilines is 1. The average Bonchev–Trinajstić information content (AvgIpc) is 3.06. The Morgan fingerprint density at radius 2 is 1.85 bits per heavy atom. The first-order chi connectivity index (χ1) is 12.5. The summed E-state index contributed by atoms with van der Waals surface area (Å²) in [6, 6.07) is 11.9. The van der Waals surface area contributed by atoms with E-state index in [1.165, 1.54) is 24.3 Å². The predicted octanol–water partition coefficient (Wildman–Crippen LogP) is 3.32. The van der Waals surface area contributed by atoms with Gasteiger partial charge in [-0.1, -0.05) is 17.3 Å². The highest BCUT2D eigenvalue weighted by Crippen LogP contribution is 2.20. The van der Waals surface area contributed by atoms with Crippen LogP contribution in [0.3, 0.4) is 0 Å². The van der Waals surface area contributed by atoms with Gasteiger partial charge in [0.2, 0.25) is 11.8 Å². The van der Waals surface area contributed by atoms with Crippen molar-refractivity contribution in [2.75, 3.05) is 5.32 Å². The number of carbonyl (C=O) groups is 2. The molecule has 1 N–H and O–H groups in total. The molecule has 6 nitrogen and oxygen atoms in total. The Morgan fingerprint density at radius 1 is 1.12 bits per heavy atom. The molecule has 132 valence electrons. The van der Waals surface area contributed by atoms with E-state index in [9.17, 15) is 14.0 Å². The number of para-hydroxylation sites is 1. The Kier molecular flexibility index (Phi) is 5.17. The summed E-state index contributed by atoms with van der Waals surface area (Å²) in [5.41, 5.74) is 1.07. The van der Waals surface area contributed by atoms with Gasteiger partial charge >= 0.3 is 0 Å². The van der Waals surface area contributed by atoms with Crippen molar-refractivity contribution in [2.24, 2.45) is 0 Å². The van der Waals surface area contributed by atoms with Crippen molar-refractivity contribution in [3.8, 4) is 0 Å². The number of nitrogens with one attached hydrogen (secondary N) is 1. The van der Waals surface area contributed by atoms with Crippen molar-refractivity contribution in [1.29, 1.82) is 0 Å². The van der Waals surface area contributed by atoms with Gasteiger partial charge in [-0.25, -0.2) is 4.39 Å². The first-order valence-corrected chi connectivity index (χ1v) is 8.01. The van der Waals surface area contributed by atoms with Gasteiger partial charge in [-0.2, -0.15) is 4.98 Å². The maximum Gasteiger partial charge on any atom is 0.227 e. The monoisotopic (exact) mass is 353 g/mol. The Balaban J connectivity index is 1.71. The molecule has 7 heteroatoms. The zero-order chi connectivity index (χ0) is 18.5. The molecule has 0 fully saturated rings. The zero-order valence-electron chi connectivity index (χ0n) is 14.0. The van der Waals surface area contributed by atoms with E-state index >= 15 is 0 Å². The minimum Gasteiger partial charge on any atom is -0.339 e. The van der Waals surface area contributed by atoms with Gasteiger partial charge in [0.25, 0.3) is 0 Å². The molecule has 0 aliphatic rings. The number of benzene rings is 2. The molecule has 0 saturated heterocycles. The van der Waals surface area contributed by atoms with Gasteiger partial charge in [0.15, 0.2) is 11.6 Å². The van der Waals surface area contributed by atoms with Gasteiger partial charge in [0.1, 0.15) is 5.82 Å². The number of ketones is 1. The van der Waals surface area contributed by atoms with E-state index in [1.54, 1.807) is 31.2 Å². The molecule has 1 heterocycles. The minimum absolute atomic E-state index is 0.140. The molecule has 0 aliphatic heterocycles. The van der Waals surface area contributed by atoms with Crippen LogP contribution in [0.1, 0.15) is 34.1 Å². The van der Waals surface area contributed by atoms with Gasteiger partial charge in [0.05, 0.1) is 5.69 Å². The summed E-state index contributed by atoms with van der Waals surface area (Å²) in [4.78, 5) is 28.9. The Hall–Kier alpha value is -3.35. The molecule has 1 amide bonds. The maximum atomic E-state index is 13.0. The summed E-state index contributed by atoms with van der Waals surface area (Å²) in [7, 11) is 0. The number of hydrogen-bond donors (Lipinski definition) is 1. The second kappa shape index (κ2) is 7.69. The Morgan fingerprint density at radius 3 is 2.54 bits per heavy atom. The van der Waals surface area contributed by atoms with E-state index < -0.39 is 5.82 Å². The molecule has 0 atom stereocenters. The second-order valence-corrected chi connectivity index (χ2v) is 5.67. The molecule has 0 saturated carbocycles. The summed E-state index contributed by atoms with van der Waals surface area (Å²) >= 11 is 0. The van der Waals surface area contributed by atoms with Crippen LogP contribution >= 0.6 is 0 Å². The fourth-order valence-electron chi connectivity index (χ4n) is 2.42. The molecule has 3 rings (SSSR count). The maximum absolute atomic E-state index is 13.0. The highest BCUT2D eigenvalue weighted by atomic mass is 19.1. The molecule has 26 heavy (non-hydrogen) atoms.